The molecular weight excluding hydrogens is 299 g/mol. The Morgan fingerprint density at radius 1 is 1.22 bits per heavy atom. The van der Waals surface area contributed by atoms with E-state index in [1.807, 2.05) is 0 Å². The fraction of sp³-hybridized carbons (Fsp3) is 0.947. The first kappa shape index (κ1) is 19.2. The quantitative estimate of drug-likeness (QED) is 0.612. The summed E-state index contributed by atoms with van der Waals surface area (Å²) >= 11 is 5.73. The number of nitrogens with two attached hydrogens (primary N) is 1. The number of piperidine rings is 1. The Morgan fingerprint density at radius 3 is 2.43 bits per heavy atom. The molecule has 0 radical (unpaired) electrons. The van der Waals surface area contributed by atoms with Crippen LogP contribution >= 0.6 is 12.2 Å². The Kier molecular flexibility index (Phi) is 5.89. The molecule has 0 spiro atoms. The molecule has 0 amide bonds. The lowest BCUT2D eigenvalue weighted by Gasteiger charge is -2.52. The van der Waals surface area contributed by atoms with E-state index in [-0.39, 0.29) is 5.54 Å². The first-order valence-corrected chi connectivity index (χ1v) is 10.1. The van der Waals surface area contributed by atoms with Crippen LogP contribution < -0.4 is 5.73 Å². The molecule has 2 nitrogen and oxygen atoms in total. The molecule has 23 heavy (non-hydrogen) atoms. The normalized spacial score (nSPS) is 39.8. The lowest BCUT2D eigenvalue weighted by atomic mass is 9.53. The minimum atomic E-state index is -0.1000. The minimum Gasteiger partial charge on any atom is -0.360 e. The summed E-state index contributed by atoms with van der Waals surface area (Å²) < 4.78 is 0. The Hall–Kier alpha value is -0.0851. The second kappa shape index (κ2) is 7.03. The lowest BCUT2D eigenvalue weighted by molar-refractivity contribution is 0.0878. The fourth-order valence-corrected chi connectivity index (χ4v) is 5.69. The third kappa shape index (κ3) is 3.95. The van der Waals surface area contributed by atoms with Gasteiger partial charge in [-0.15, -0.1) is 0 Å². The molecule has 1 heterocycles. The lowest BCUT2D eigenvalue weighted by Crippen LogP contribution is -2.60. The number of hydrogen-bond acceptors (Lipinski definition) is 2. The van der Waals surface area contributed by atoms with Crippen molar-refractivity contribution in [2.45, 2.75) is 103 Å². The highest BCUT2D eigenvalue weighted by Gasteiger charge is 2.47. The molecule has 0 bridgehead atoms. The molecule has 2 rings (SSSR count). The van der Waals surface area contributed by atoms with Crippen molar-refractivity contribution >= 4 is 25.1 Å². The van der Waals surface area contributed by atoms with Gasteiger partial charge in [-0.25, -0.2) is 0 Å². The van der Waals surface area contributed by atoms with Gasteiger partial charge in [0, 0.05) is 17.6 Å². The van der Waals surface area contributed by atoms with Crippen LogP contribution in [0.3, 0.4) is 0 Å². The van der Waals surface area contributed by atoms with Crippen molar-refractivity contribution in [3.8, 4) is 0 Å². The zero-order valence-electron chi connectivity index (χ0n) is 16.2. The second-order valence-electron chi connectivity index (χ2n) is 9.34. The number of rotatable bonds is 2. The molecule has 4 heteroatoms. The van der Waals surface area contributed by atoms with Crippen molar-refractivity contribution < 1.29 is 0 Å². The van der Waals surface area contributed by atoms with Crippen LogP contribution in [0.5, 0.6) is 0 Å². The summed E-state index contributed by atoms with van der Waals surface area (Å²) in [6.45, 7) is 11.6. The van der Waals surface area contributed by atoms with Crippen LogP contribution in [-0.4, -0.2) is 35.4 Å². The predicted molar refractivity (Wildman–Crippen MR) is 108 cm³/mol. The summed E-state index contributed by atoms with van der Waals surface area (Å²) in [4.78, 5) is 3.70. The van der Waals surface area contributed by atoms with Crippen molar-refractivity contribution in [3.05, 3.63) is 0 Å². The number of hydrogen-bond donors (Lipinski definition) is 1. The molecule has 132 valence electrons. The van der Waals surface area contributed by atoms with E-state index in [1.165, 1.54) is 37.1 Å². The van der Waals surface area contributed by atoms with E-state index in [0.717, 1.165) is 12.8 Å². The molecular formula is C19H37BN2S. The highest BCUT2D eigenvalue weighted by Crippen LogP contribution is 2.49. The Morgan fingerprint density at radius 2 is 1.87 bits per heavy atom. The maximum Gasteiger partial charge on any atom is 0.109 e. The van der Waals surface area contributed by atoms with Crippen molar-refractivity contribution in [1.82, 2.24) is 4.90 Å². The first-order valence-electron chi connectivity index (χ1n) is 9.68. The van der Waals surface area contributed by atoms with Gasteiger partial charge in [0.15, 0.2) is 0 Å². The number of fused-ring (bicyclic) bond motifs is 1. The average Bonchev–Trinajstić information content (AvgIpc) is 2.46. The van der Waals surface area contributed by atoms with Crippen molar-refractivity contribution in [3.63, 3.8) is 0 Å². The number of nitrogens with zero attached hydrogens (tertiary/aromatic N) is 1. The molecule has 2 fully saturated rings. The zero-order chi connectivity index (χ0) is 17.4. The second-order valence-corrected chi connectivity index (χ2v) is 9.82. The Labute approximate surface area is 150 Å². The molecule has 2 aliphatic rings. The van der Waals surface area contributed by atoms with Gasteiger partial charge in [-0.2, -0.15) is 0 Å². The molecule has 2 N–H and O–H groups in total. The van der Waals surface area contributed by atoms with Gasteiger partial charge in [0.05, 0.1) is 4.99 Å². The third-order valence-electron chi connectivity index (χ3n) is 6.86. The highest BCUT2D eigenvalue weighted by atomic mass is 32.1. The summed E-state index contributed by atoms with van der Waals surface area (Å²) in [5.41, 5.74) is 6.92. The van der Waals surface area contributed by atoms with Gasteiger partial charge in [0.2, 0.25) is 0 Å². The van der Waals surface area contributed by atoms with Crippen LogP contribution in [0.4, 0.5) is 0 Å². The van der Waals surface area contributed by atoms with E-state index >= 15 is 0 Å². The van der Waals surface area contributed by atoms with E-state index in [1.54, 1.807) is 0 Å². The summed E-state index contributed by atoms with van der Waals surface area (Å²) in [5, 5.41) is 0.360. The first-order chi connectivity index (χ1) is 10.6. The average molecular weight is 336 g/mol. The Bertz CT molecular complexity index is 435. The van der Waals surface area contributed by atoms with Gasteiger partial charge in [-0.05, 0) is 58.3 Å². The molecule has 0 aromatic heterocycles. The minimum absolute atomic E-state index is 0.1000. The predicted octanol–water partition coefficient (Wildman–Crippen LogP) is 3.93. The largest absolute Gasteiger partial charge is 0.360 e. The van der Waals surface area contributed by atoms with Crippen molar-refractivity contribution in [2.24, 2.45) is 17.6 Å². The maximum atomic E-state index is 7.02. The summed E-state index contributed by atoms with van der Waals surface area (Å²) in [6.07, 6.45) is 8.55. The van der Waals surface area contributed by atoms with Crippen LogP contribution in [0.15, 0.2) is 0 Å². The molecule has 1 saturated heterocycles. The SMILES string of the molecule is BC1(C(C)C)CCCCC2C(CCC(=S)N2C(C)C)C(C)(N)C1. The van der Waals surface area contributed by atoms with Crippen LogP contribution in [0, 0.1) is 11.8 Å². The molecule has 4 atom stereocenters. The van der Waals surface area contributed by atoms with Gasteiger partial charge in [0.25, 0.3) is 0 Å². The van der Waals surface area contributed by atoms with Gasteiger partial charge < -0.3 is 10.6 Å². The molecule has 4 unspecified atom stereocenters. The van der Waals surface area contributed by atoms with Crippen LogP contribution in [0.2, 0.25) is 5.31 Å². The van der Waals surface area contributed by atoms with E-state index in [9.17, 15) is 0 Å². The van der Waals surface area contributed by atoms with Crippen LogP contribution in [0.1, 0.15) is 79.6 Å². The topological polar surface area (TPSA) is 29.3 Å². The standard InChI is InChI=1S/C19H37BN2S/c1-13(2)19(20)11-7-6-8-16-15(18(5,21)12-19)9-10-17(23)22(16)14(3)4/h13-16H,6-12,20-21H2,1-5H3. The number of likely N-dealkylation sites (tertiary alicyclic amines) is 1. The molecule has 0 aromatic rings. The van der Waals surface area contributed by atoms with E-state index < -0.39 is 0 Å². The summed E-state index contributed by atoms with van der Waals surface area (Å²) in [6, 6.07) is 1.03. The van der Waals surface area contributed by atoms with Gasteiger partial charge >= 0.3 is 0 Å². The zero-order valence-corrected chi connectivity index (χ0v) is 17.0. The van der Waals surface area contributed by atoms with Gasteiger partial charge in [0.1, 0.15) is 7.85 Å². The van der Waals surface area contributed by atoms with Crippen LogP contribution in [-0.2, 0) is 0 Å². The molecule has 1 saturated carbocycles. The summed E-state index contributed by atoms with van der Waals surface area (Å²) in [7, 11) is 2.47. The van der Waals surface area contributed by atoms with Crippen molar-refractivity contribution in [2.75, 3.05) is 0 Å². The smallest absolute Gasteiger partial charge is 0.109 e. The van der Waals surface area contributed by atoms with E-state index in [4.69, 9.17) is 18.0 Å². The van der Waals surface area contributed by atoms with E-state index in [2.05, 4.69) is 47.4 Å². The molecule has 0 aromatic carbocycles. The van der Waals surface area contributed by atoms with Gasteiger partial charge in [-0.3, -0.25) is 0 Å². The fourth-order valence-electron chi connectivity index (χ4n) is 5.22. The monoisotopic (exact) mass is 336 g/mol. The third-order valence-corrected chi connectivity index (χ3v) is 7.27. The Balaban J connectivity index is 2.35. The number of thiocarbonyl (C=S) groups is 1. The summed E-state index contributed by atoms with van der Waals surface area (Å²) in [5.74, 6) is 1.25. The highest BCUT2D eigenvalue weighted by molar-refractivity contribution is 7.80. The van der Waals surface area contributed by atoms with Crippen LogP contribution in [0.25, 0.3) is 0 Å². The van der Waals surface area contributed by atoms with Crippen molar-refractivity contribution in [1.29, 1.82) is 0 Å². The van der Waals surface area contributed by atoms with Gasteiger partial charge in [-0.1, -0.05) is 50.6 Å². The molecule has 1 aliphatic heterocycles. The maximum absolute atomic E-state index is 7.02. The molecule has 1 aliphatic carbocycles. The van der Waals surface area contributed by atoms with E-state index in [0.29, 0.717) is 29.2 Å².